The molecule has 0 aromatic carbocycles. The first kappa shape index (κ1) is 22.0. The van der Waals surface area contributed by atoms with E-state index >= 15 is 0 Å². The van der Waals surface area contributed by atoms with E-state index in [1.165, 1.54) is 23.4 Å². The molecule has 0 bridgehead atoms. The van der Waals surface area contributed by atoms with Gasteiger partial charge >= 0.3 is 165 Å². The normalized spacial score (nSPS) is 25.6. The van der Waals surface area contributed by atoms with Crippen molar-refractivity contribution in [1.29, 1.82) is 0 Å². The van der Waals surface area contributed by atoms with Crippen molar-refractivity contribution in [1.82, 2.24) is 9.55 Å². The summed E-state index contributed by atoms with van der Waals surface area (Å²) in [6, 6.07) is 1.30. The molecular formula is C19H28N2O5Se. The van der Waals surface area contributed by atoms with Gasteiger partial charge in [-0.2, -0.15) is 0 Å². The number of aliphatic hydroxyl groups is 3. The molecule has 1 aromatic heterocycles. The number of allylic oxidation sites excluding steroid dienone is 4. The molecule has 7 nitrogen and oxygen atoms in total. The maximum atomic E-state index is 11.7. The summed E-state index contributed by atoms with van der Waals surface area (Å²) in [7, 11) is 0. The van der Waals surface area contributed by atoms with Crippen molar-refractivity contribution >= 4 is 19.7 Å². The molecular weight excluding hydrogens is 415 g/mol. The van der Waals surface area contributed by atoms with Crippen molar-refractivity contribution in [2.75, 3.05) is 6.61 Å². The molecule has 8 heteroatoms. The number of ether oxygens (including phenoxy) is 1. The van der Waals surface area contributed by atoms with Gasteiger partial charge in [0.25, 0.3) is 0 Å². The molecule has 1 aliphatic heterocycles. The summed E-state index contributed by atoms with van der Waals surface area (Å²) in [5.41, 5.74) is 2.24. The zero-order valence-electron chi connectivity index (χ0n) is 15.9. The van der Waals surface area contributed by atoms with Gasteiger partial charge in [0.15, 0.2) is 0 Å². The molecule has 4 atom stereocenters. The van der Waals surface area contributed by atoms with Gasteiger partial charge in [-0.05, 0) is 0 Å². The molecule has 1 aromatic rings. The molecule has 0 spiro atoms. The third-order valence-electron chi connectivity index (χ3n) is 4.33. The quantitative estimate of drug-likeness (QED) is 0.394. The van der Waals surface area contributed by atoms with Crippen LogP contribution in [0.5, 0.6) is 0 Å². The molecule has 0 aliphatic carbocycles. The van der Waals surface area contributed by atoms with Crippen LogP contribution in [0.2, 0.25) is 5.32 Å². The number of aromatic nitrogens is 2. The standard InChI is InChI=1S/C19H28N2O5Se/c1-12(2)5-4-6-13(3)8-10-27-19-20-15(23)7-9-21(19)18-17(25)16(24)14(11-22)26-18/h5,7-9,14,16-18,22,24-25H,4,6,10-11H2,1-3H3/b13-8+/t14-,16-,17-,18-/m1/s1. The van der Waals surface area contributed by atoms with E-state index in [9.17, 15) is 20.1 Å². The molecule has 1 aliphatic rings. The molecule has 3 N–H and O–H groups in total. The van der Waals surface area contributed by atoms with Gasteiger partial charge in [-0.1, -0.05) is 0 Å². The van der Waals surface area contributed by atoms with Crippen LogP contribution >= 0.6 is 0 Å². The fraction of sp³-hybridized carbons (Fsp3) is 0.579. The summed E-state index contributed by atoms with van der Waals surface area (Å²) in [6.07, 6.45) is 3.78. The van der Waals surface area contributed by atoms with Gasteiger partial charge in [-0.25, -0.2) is 0 Å². The first-order valence-corrected chi connectivity index (χ1v) is 11.0. The van der Waals surface area contributed by atoms with Crippen molar-refractivity contribution in [2.24, 2.45) is 0 Å². The van der Waals surface area contributed by atoms with Gasteiger partial charge in [0.05, 0.1) is 0 Å². The van der Waals surface area contributed by atoms with E-state index in [0.717, 1.165) is 18.2 Å². The maximum absolute atomic E-state index is 11.7. The predicted molar refractivity (Wildman–Crippen MR) is 104 cm³/mol. The van der Waals surface area contributed by atoms with Crippen molar-refractivity contribution in [3.05, 3.63) is 45.9 Å². The van der Waals surface area contributed by atoms with Gasteiger partial charge in [-0.3, -0.25) is 0 Å². The Hall–Kier alpha value is -1.28. The van der Waals surface area contributed by atoms with Crippen LogP contribution in [0.25, 0.3) is 0 Å². The van der Waals surface area contributed by atoms with Gasteiger partial charge in [-0.15, -0.1) is 0 Å². The Morgan fingerprint density at radius 2 is 2.04 bits per heavy atom. The van der Waals surface area contributed by atoms with E-state index < -0.39 is 31.1 Å². The molecule has 2 rings (SSSR count). The van der Waals surface area contributed by atoms with Crippen molar-refractivity contribution in [3.63, 3.8) is 0 Å². The van der Waals surface area contributed by atoms with Crippen LogP contribution in [0.15, 0.2) is 40.4 Å². The van der Waals surface area contributed by atoms with E-state index in [2.05, 4.69) is 37.9 Å². The van der Waals surface area contributed by atoms with Crippen LogP contribution in [0.1, 0.15) is 39.8 Å². The Morgan fingerprint density at radius 3 is 2.67 bits per heavy atom. The molecule has 0 radical (unpaired) electrons. The Balaban J connectivity index is 2.08. The zero-order chi connectivity index (χ0) is 20.0. The second-order valence-electron chi connectivity index (χ2n) is 6.87. The Kier molecular flexibility index (Phi) is 8.41. The first-order chi connectivity index (χ1) is 12.8. The summed E-state index contributed by atoms with van der Waals surface area (Å²) in [5.74, 6) is 0. The number of hydrogen-bond donors (Lipinski definition) is 3. The van der Waals surface area contributed by atoms with Gasteiger partial charge < -0.3 is 0 Å². The van der Waals surface area contributed by atoms with Crippen LogP contribution in [0.4, 0.5) is 0 Å². The number of rotatable bonds is 8. The minimum absolute atomic E-state index is 0.135. The third-order valence-corrected chi connectivity index (χ3v) is 6.21. The van der Waals surface area contributed by atoms with Gasteiger partial charge in [0, 0.05) is 0 Å². The number of hydrogen-bond acceptors (Lipinski definition) is 6. The molecule has 0 saturated carbocycles. The summed E-state index contributed by atoms with van der Waals surface area (Å²) in [6.45, 7) is 5.86. The molecule has 150 valence electrons. The average Bonchev–Trinajstić information content (AvgIpc) is 2.90. The average molecular weight is 443 g/mol. The SMILES string of the molecule is CC(C)=CCC/C(C)=C/C[Se]c1nc(=O)ccn1[C@@H]1O[C@H](CO)[C@@H](O)[C@H]1O. The van der Waals surface area contributed by atoms with Crippen LogP contribution in [0, 0.1) is 0 Å². The summed E-state index contributed by atoms with van der Waals surface area (Å²) in [4.78, 5) is 15.8. The molecule has 2 heterocycles. The second-order valence-corrected chi connectivity index (χ2v) is 8.94. The Bertz CT molecular complexity index is 742. The summed E-state index contributed by atoms with van der Waals surface area (Å²) < 4.78 is 7.70. The van der Waals surface area contributed by atoms with Gasteiger partial charge in [0.2, 0.25) is 0 Å². The summed E-state index contributed by atoms with van der Waals surface area (Å²) in [5, 5.41) is 30.2. The van der Waals surface area contributed by atoms with E-state index in [1.807, 2.05) is 0 Å². The third kappa shape index (κ3) is 6.10. The van der Waals surface area contributed by atoms with E-state index in [0.29, 0.717) is 4.72 Å². The molecule has 0 unspecified atom stereocenters. The van der Waals surface area contributed by atoms with Crippen LogP contribution < -0.4 is 10.3 Å². The van der Waals surface area contributed by atoms with Crippen LogP contribution in [-0.2, 0) is 4.74 Å². The van der Waals surface area contributed by atoms with Crippen molar-refractivity contribution in [3.8, 4) is 0 Å². The fourth-order valence-electron chi connectivity index (χ4n) is 2.76. The predicted octanol–water partition coefficient (Wildman–Crippen LogP) is 0.295. The Labute approximate surface area is 165 Å². The Morgan fingerprint density at radius 1 is 1.30 bits per heavy atom. The first-order valence-electron chi connectivity index (χ1n) is 8.97. The van der Waals surface area contributed by atoms with Crippen molar-refractivity contribution < 1.29 is 20.1 Å². The number of nitrogens with zero attached hydrogens (tertiary/aromatic N) is 2. The van der Waals surface area contributed by atoms with E-state index in [-0.39, 0.29) is 20.5 Å². The molecule has 0 amide bonds. The second kappa shape index (κ2) is 10.3. The minimum atomic E-state index is -1.19. The molecule has 27 heavy (non-hydrogen) atoms. The van der Waals surface area contributed by atoms with E-state index in [1.54, 1.807) is 4.57 Å². The topological polar surface area (TPSA) is 105 Å². The fourth-order valence-corrected chi connectivity index (χ4v) is 4.82. The van der Waals surface area contributed by atoms with E-state index in [4.69, 9.17) is 4.74 Å². The monoisotopic (exact) mass is 444 g/mol. The molecule has 1 fully saturated rings. The summed E-state index contributed by atoms with van der Waals surface area (Å²) >= 11 is -0.135. The zero-order valence-corrected chi connectivity index (χ0v) is 17.6. The van der Waals surface area contributed by atoms with Gasteiger partial charge in [0.1, 0.15) is 0 Å². The van der Waals surface area contributed by atoms with Crippen LogP contribution in [0.3, 0.4) is 0 Å². The van der Waals surface area contributed by atoms with Crippen molar-refractivity contribution in [2.45, 2.75) is 63.5 Å². The number of aliphatic hydroxyl groups excluding tert-OH is 3. The van der Waals surface area contributed by atoms with Crippen LogP contribution in [-0.4, -0.2) is 64.7 Å². The molecule has 1 saturated heterocycles.